The van der Waals surface area contributed by atoms with Crippen LogP contribution in [0.3, 0.4) is 0 Å². The van der Waals surface area contributed by atoms with Crippen molar-refractivity contribution >= 4 is 23.1 Å². The molecular formula is C34H40O6Ti+4. The molecule has 4 aromatic rings. The molecule has 0 saturated carbocycles. The molecule has 0 aliphatic carbocycles. The minimum Gasteiger partial charge on any atom is -0.507 e. The summed E-state index contributed by atoms with van der Waals surface area (Å²) in [5.41, 5.74) is 2.70. The zero-order valence-corrected chi connectivity index (χ0v) is 25.0. The topological polar surface area (TPSA) is 129 Å². The summed E-state index contributed by atoms with van der Waals surface area (Å²) in [5, 5.41) is 32.1. The Balaban J connectivity index is 0.000000642. The number of ketones is 2. The zero-order chi connectivity index (χ0) is 29.6. The van der Waals surface area contributed by atoms with Crippen LogP contribution in [0.2, 0.25) is 0 Å². The molecule has 212 valence electrons. The van der Waals surface area contributed by atoms with Crippen LogP contribution in [-0.2, 0) is 21.7 Å². The maximum absolute atomic E-state index is 9.83. The molecule has 0 unspecified atom stereocenters. The number of carbonyl (C=O) groups excluding carboxylic acids is 2. The van der Waals surface area contributed by atoms with Gasteiger partial charge in [0, 0.05) is 46.7 Å². The summed E-state index contributed by atoms with van der Waals surface area (Å²) in [7, 11) is 0. The van der Waals surface area contributed by atoms with Gasteiger partial charge in [-0.1, -0.05) is 97.1 Å². The standard InChI is InChI=1S/2C15H12O2.2C2H6O.Ti/c2*16-14(12-7-3-1-4-8-12)11-15(17)13-9-5-2-6-10-13;2*1-2-3;/h2*1-11,16H;2*3H,2H2,1H3;/p+4/b2*14-11-;;;. The van der Waals surface area contributed by atoms with E-state index in [1.54, 1.807) is 62.4 Å². The van der Waals surface area contributed by atoms with E-state index < -0.39 is 0 Å². The van der Waals surface area contributed by atoms with Crippen molar-refractivity contribution in [2.45, 2.75) is 13.8 Å². The molecule has 0 aliphatic rings. The molecule has 0 heterocycles. The van der Waals surface area contributed by atoms with E-state index in [1.807, 2.05) is 72.8 Å². The van der Waals surface area contributed by atoms with Gasteiger partial charge in [0.2, 0.25) is 0 Å². The smallest absolute Gasteiger partial charge is 0.350 e. The molecular weight excluding hydrogens is 552 g/mol. The number of rotatable bonds is 6. The molecule has 0 amide bonds. The molecule has 41 heavy (non-hydrogen) atoms. The van der Waals surface area contributed by atoms with Crippen molar-refractivity contribution in [3.8, 4) is 0 Å². The van der Waals surface area contributed by atoms with Crippen LogP contribution in [0, 0.1) is 0 Å². The van der Waals surface area contributed by atoms with Crippen LogP contribution >= 0.6 is 0 Å². The van der Waals surface area contributed by atoms with E-state index in [0.29, 0.717) is 35.5 Å². The molecule has 7 heteroatoms. The Hall–Kier alpha value is -4.07. The average molecular weight is 593 g/mol. The van der Waals surface area contributed by atoms with Gasteiger partial charge in [-0.15, -0.1) is 0 Å². The van der Waals surface area contributed by atoms with Gasteiger partial charge in [0.05, 0.1) is 23.3 Å². The van der Waals surface area contributed by atoms with E-state index in [1.165, 1.54) is 12.2 Å². The van der Waals surface area contributed by atoms with Crippen LogP contribution < -0.4 is 0 Å². The van der Waals surface area contributed by atoms with Crippen LogP contribution in [0.25, 0.3) is 11.5 Å². The summed E-state index contributed by atoms with van der Waals surface area (Å²) in [6, 6.07) is 36.4. The summed E-state index contributed by atoms with van der Waals surface area (Å²) in [4.78, 5) is 19.7. The van der Waals surface area contributed by atoms with Crippen molar-refractivity contribution in [2.24, 2.45) is 0 Å². The number of benzene rings is 4. The fourth-order valence-corrected chi connectivity index (χ4v) is 3.03. The van der Waals surface area contributed by atoms with E-state index in [0.717, 1.165) is 0 Å². The Labute approximate surface area is 256 Å². The van der Waals surface area contributed by atoms with Gasteiger partial charge in [0.25, 0.3) is 0 Å². The molecule has 0 saturated heterocycles. The molecule has 0 aliphatic heterocycles. The van der Waals surface area contributed by atoms with Gasteiger partial charge in [-0.05, 0) is 24.3 Å². The second-order valence-corrected chi connectivity index (χ2v) is 8.00. The summed E-state index contributed by atoms with van der Waals surface area (Å²) in [5.74, 6) is 0.192. The molecule has 0 fully saturated rings. The Morgan fingerprint density at radius 3 is 0.927 bits per heavy atom. The van der Waals surface area contributed by atoms with E-state index in [2.05, 4.69) is 0 Å². The second kappa shape index (κ2) is 22.7. The van der Waals surface area contributed by atoms with Crippen LogP contribution in [0.5, 0.6) is 0 Å². The summed E-state index contributed by atoms with van der Waals surface area (Å²) in [6.07, 6.45) is 2.70. The van der Waals surface area contributed by atoms with E-state index >= 15 is 0 Å². The Kier molecular flexibility index (Phi) is 20.5. The normalized spacial score (nSPS) is 10.1. The van der Waals surface area contributed by atoms with Crippen molar-refractivity contribution < 1.29 is 51.7 Å². The van der Waals surface area contributed by atoms with Gasteiger partial charge in [-0.2, -0.15) is 0 Å². The van der Waals surface area contributed by atoms with Crippen LogP contribution in [0.4, 0.5) is 0 Å². The molecule has 0 atom stereocenters. The first-order valence-corrected chi connectivity index (χ1v) is 12.8. The van der Waals surface area contributed by atoms with E-state index in [-0.39, 0.29) is 44.8 Å². The van der Waals surface area contributed by atoms with Gasteiger partial charge < -0.3 is 20.4 Å². The first-order chi connectivity index (χ1) is 19.4. The number of aliphatic hydroxyl groups is 2. The third-order valence-corrected chi connectivity index (χ3v) is 4.83. The maximum Gasteiger partial charge on any atom is 0.350 e. The van der Waals surface area contributed by atoms with Gasteiger partial charge in [0.1, 0.15) is 24.7 Å². The van der Waals surface area contributed by atoms with Crippen molar-refractivity contribution in [3.63, 3.8) is 0 Å². The second-order valence-electron chi connectivity index (χ2n) is 8.00. The molecule has 8 N–H and O–H groups in total. The molecule has 4 rings (SSSR count). The quantitative estimate of drug-likeness (QED) is 0.0962. The fourth-order valence-electron chi connectivity index (χ4n) is 3.03. The molecule has 0 spiro atoms. The maximum atomic E-state index is 9.83. The third-order valence-electron chi connectivity index (χ3n) is 4.83. The molecule has 0 aromatic heterocycles. The van der Waals surface area contributed by atoms with E-state index in [9.17, 15) is 19.8 Å². The monoisotopic (exact) mass is 592 g/mol. The Morgan fingerprint density at radius 2 is 0.707 bits per heavy atom. The van der Waals surface area contributed by atoms with Crippen LogP contribution in [-0.4, -0.2) is 54.8 Å². The number of allylic oxidation sites excluding steroid dienone is 2. The van der Waals surface area contributed by atoms with Crippen molar-refractivity contribution in [1.82, 2.24) is 0 Å². The SMILES string of the molecule is CC[OH2+].CC[OH2+].O/C(=C\C(=[OH+])c1ccccc1)c1ccccc1.O/C(=C\C(=[OH+])c1ccccc1)c1ccccc1.[Ti]. The zero-order valence-electron chi connectivity index (χ0n) is 23.4. The molecule has 6 nitrogen and oxygen atoms in total. The summed E-state index contributed by atoms with van der Waals surface area (Å²) < 4.78 is 0. The van der Waals surface area contributed by atoms with Crippen molar-refractivity contribution in [2.75, 3.05) is 13.2 Å². The van der Waals surface area contributed by atoms with Crippen molar-refractivity contribution in [3.05, 3.63) is 156 Å². The third kappa shape index (κ3) is 15.3. The van der Waals surface area contributed by atoms with Gasteiger partial charge in [-0.25, -0.2) is 0 Å². The van der Waals surface area contributed by atoms with Crippen LogP contribution in [0.1, 0.15) is 36.1 Å². The number of hydrogen-bond acceptors (Lipinski definition) is 2. The number of aliphatic hydroxyl groups excluding tert-OH is 2. The largest absolute Gasteiger partial charge is 0.507 e. The van der Waals surface area contributed by atoms with Gasteiger partial charge in [0.15, 0.2) is 0 Å². The van der Waals surface area contributed by atoms with Gasteiger partial charge in [-0.3, -0.25) is 9.59 Å². The molecule has 0 radical (unpaired) electrons. The minimum absolute atomic E-state index is 0. The molecule has 4 aromatic carbocycles. The van der Waals surface area contributed by atoms with E-state index in [4.69, 9.17) is 10.2 Å². The minimum atomic E-state index is 0. The first kappa shape index (κ1) is 36.9. The van der Waals surface area contributed by atoms with Crippen LogP contribution in [0.15, 0.2) is 133 Å². The van der Waals surface area contributed by atoms with Crippen molar-refractivity contribution in [1.29, 1.82) is 0 Å². The summed E-state index contributed by atoms with van der Waals surface area (Å²) >= 11 is 0. The number of hydrogen-bond donors (Lipinski definition) is 2. The fraction of sp³-hybridized carbons (Fsp3) is 0.118. The average Bonchev–Trinajstić information content (AvgIpc) is 3.00. The predicted molar refractivity (Wildman–Crippen MR) is 167 cm³/mol. The Morgan fingerprint density at radius 1 is 0.512 bits per heavy atom. The first-order valence-electron chi connectivity index (χ1n) is 12.8. The Bertz CT molecular complexity index is 1200. The predicted octanol–water partition coefficient (Wildman–Crippen LogP) is 5.82. The summed E-state index contributed by atoms with van der Waals surface area (Å²) in [6.45, 7) is 4.58. The molecule has 0 bridgehead atoms. The van der Waals surface area contributed by atoms with Gasteiger partial charge >= 0.3 is 11.6 Å².